The highest BCUT2D eigenvalue weighted by Gasteiger charge is 2.01. The number of benzene rings is 1. The molecule has 0 saturated heterocycles. The highest BCUT2D eigenvalue weighted by molar-refractivity contribution is 14.1. The lowest BCUT2D eigenvalue weighted by Crippen LogP contribution is -2.09. The molecular weight excluding hydrogens is 279 g/mol. The zero-order valence-corrected chi connectivity index (χ0v) is 9.12. The van der Waals surface area contributed by atoms with Crippen molar-refractivity contribution in [2.24, 2.45) is 0 Å². The third kappa shape index (κ3) is 1.46. The summed E-state index contributed by atoms with van der Waals surface area (Å²) in [4.78, 5) is 11.6. The van der Waals surface area contributed by atoms with Crippen molar-refractivity contribution >= 4 is 33.5 Å². The van der Waals surface area contributed by atoms with Crippen LogP contribution in [0.25, 0.3) is 10.9 Å². The van der Waals surface area contributed by atoms with E-state index in [1.165, 1.54) is 0 Å². The van der Waals surface area contributed by atoms with E-state index < -0.39 is 0 Å². The van der Waals surface area contributed by atoms with Crippen molar-refractivity contribution in [2.45, 2.75) is 6.92 Å². The zero-order chi connectivity index (χ0) is 9.42. The number of aromatic amines is 1. The Morgan fingerprint density at radius 3 is 3.00 bits per heavy atom. The molecule has 1 aromatic carbocycles. The first-order valence-electron chi connectivity index (χ1n) is 3.83. The summed E-state index contributed by atoms with van der Waals surface area (Å²) < 4.78 is 1.09. The van der Waals surface area contributed by atoms with Crippen molar-refractivity contribution in [3.05, 3.63) is 37.7 Å². The predicted octanol–water partition coefficient (Wildman–Crippen LogP) is 1.84. The predicted molar refractivity (Wildman–Crippen MR) is 59.8 cm³/mol. The van der Waals surface area contributed by atoms with E-state index in [0.29, 0.717) is 11.1 Å². The van der Waals surface area contributed by atoms with E-state index in [4.69, 9.17) is 0 Å². The summed E-state index contributed by atoms with van der Waals surface area (Å²) in [6.45, 7) is 1.70. The van der Waals surface area contributed by atoms with Crippen LogP contribution in [0, 0.1) is 10.5 Å². The van der Waals surface area contributed by atoms with E-state index >= 15 is 0 Å². The molecule has 0 bridgehead atoms. The Balaban J connectivity index is 2.95. The van der Waals surface area contributed by atoms with Crippen LogP contribution in [-0.4, -0.2) is 10.2 Å². The number of fused-ring (bicyclic) bond motifs is 1. The van der Waals surface area contributed by atoms with Crippen LogP contribution >= 0.6 is 22.6 Å². The van der Waals surface area contributed by atoms with Gasteiger partial charge in [0.1, 0.15) is 5.69 Å². The van der Waals surface area contributed by atoms with Crippen LogP contribution in [0.4, 0.5) is 0 Å². The lowest BCUT2D eigenvalue weighted by Gasteiger charge is -1.98. The minimum atomic E-state index is 0.00477. The quantitative estimate of drug-likeness (QED) is 0.751. The van der Waals surface area contributed by atoms with Gasteiger partial charge in [-0.05, 0) is 47.7 Å². The molecule has 0 saturated carbocycles. The average Bonchev–Trinajstić information content (AvgIpc) is 2.12. The summed E-state index contributed by atoms with van der Waals surface area (Å²) >= 11 is 2.20. The van der Waals surface area contributed by atoms with Crippen LogP contribution in [0.5, 0.6) is 0 Å². The van der Waals surface area contributed by atoms with Gasteiger partial charge in [0.05, 0.1) is 5.52 Å². The van der Waals surface area contributed by atoms with Crippen molar-refractivity contribution < 1.29 is 0 Å². The molecule has 0 unspecified atom stereocenters. The Bertz CT molecular complexity index is 518. The fourth-order valence-electron chi connectivity index (χ4n) is 1.20. The highest BCUT2D eigenvalue weighted by atomic mass is 127. The standard InChI is InChI=1S/C9H7IN2O/c1-5-9(13)7-3-2-6(10)4-8(7)12-11-5/h2-4H,1H3,(H,12,13). The van der Waals surface area contributed by atoms with Crippen molar-refractivity contribution in [2.75, 3.05) is 0 Å². The molecule has 0 aliphatic heterocycles. The number of nitrogens with one attached hydrogen (secondary N) is 1. The Morgan fingerprint density at radius 1 is 1.46 bits per heavy atom. The Morgan fingerprint density at radius 2 is 2.23 bits per heavy atom. The highest BCUT2D eigenvalue weighted by Crippen LogP contribution is 2.11. The molecule has 1 N–H and O–H groups in total. The normalized spacial score (nSPS) is 10.6. The number of rotatable bonds is 0. The van der Waals surface area contributed by atoms with Crippen LogP contribution in [0.2, 0.25) is 0 Å². The van der Waals surface area contributed by atoms with Gasteiger partial charge in [-0.2, -0.15) is 5.10 Å². The number of halogens is 1. The lowest BCUT2D eigenvalue weighted by molar-refractivity contribution is 1.00. The van der Waals surface area contributed by atoms with Crippen LogP contribution in [0.1, 0.15) is 5.69 Å². The first-order chi connectivity index (χ1) is 6.18. The summed E-state index contributed by atoms with van der Waals surface area (Å²) in [7, 11) is 0. The second kappa shape index (κ2) is 3.10. The van der Waals surface area contributed by atoms with Gasteiger partial charge in [-0.25, -0.2) is 0 Å². The molecule has 0 amide bonds. The molecule has 13 heavy (non-hydrogen) atoms. The van der Waals surface area contributed by atoms with Crippen molar-refractivity contribution in [3.63, 3.8) is 0 Å². The Hall–Kier alpha value is -0.910. The van der Waals surface area contributed by atoms with Crippen molar-refractivity contribution in [3.8, 4) is 0 Å². The smallest absolute Gasteiger partial charge is 0.210 e. The third-order valence-electron chi connectivity index (χ3n) is 1.90. The van der Waals surface area contributed by atoms with Crippen molar-refractivity contribution in [1.82, 2.24) is 10.2 Å². The number of H-pyrrole nitrogens is 1. The molecule has 0 radical (unpaired) electrons. The molecule has 66 valence electrons. The largest absolute Gasteiger partial charge is 0.287 e. The number of hydrogen-bond acceptors (Lipinski definition) is 2. The fourth-order valence-corrected chi connectivity index (χ4v) is 1.69. The molecule has 0 atom stereocenters. The summed E-state index contributed by atoms with van der Waals surface area (Å²) in [6, 6.07) is 5.64. The van der Waals surface area contributed by atoms with Gasteiger partial charge in [0.2, 0.25) is 5.43 Å². The minimum Gasteiger partial charge on any atom is -0.287 e. The maximum absolute atomic E-state index is 11.6. The maximum atomic E-state index is 11.6. The molecule has 1 aromatic heterocycles. The average molecular weight is 286 g/mol. The van der Waals surface area contributed by atoms with Crippen LogP contribution < -0.4 is 5.43 Å². The molecular formula is C9H7IN2O. The van der Waals surface area contributed by atoms with Gasteiger partial charge >= 0.3 is 0 Å². The molecule has 4 heteroatoms. The Kier molecular flexibility index (Phi) is 2.07. The summed E-state index contributed by atoms with van der Waals surface area (Å²) in [5.74, 6) is 0. The van der Waals surface area contributed by atoms with Gasteiger partial charge in [0.25, 0.3) is 0 Å². The van der Waals surface area contributed by atoms with E-state index in [1.54, 1.807) is 6.92 Å². The van der Waals surface area contributed by atoms with E-state index in [0.717, 1.165) is 9.09 Å². The van der Waals surface area contributed by atoms with Gasteiger partial charge in [-0.1, -0.05) is 0 Å². The molecule has 3 nitrogen and oxygen atoms in total. The topological polar surface area (TPSA) is 45.8 Å². The maximum Gasteiger partial charge on any atom is 0.210 e. The summed E-state index contributed by atoms with van der Waals surface area (Å²) in [5.41, 5.74) is 1.31. The van der Waals surface area contributed by atoms with E-state index in [1.807, 2.05) is 18.2 Å². The molecule has 2 aromatic rings. The van der Waals surface area contributed by atoms with Crippen molar-refractivity contribution in [1.29, 1.82) is 0 Å². The summed E-state index contributed by atoms with van der Waals surface area (Å²) in [6.07, 6.45) is 0. The van der Waals surface area contributed by atoms with Gasteiger partial charge in [0, 0.05) is 8.96 Å². The van der Waals surface area contributed by atoms with E-state index in [2.05, 4.69) is 32.8 Å². The molecule has 0 spiro atoms. The van der Waals surface area contributed by atoms with Gasteiger partial charge in [-0.3, -0.25) is 9.89 Å². The van der Waals surface area contributed by atoms with E-state index in [9.17, 15) is 4.79 Å². The summed E-state index contributed by atoms with van der Waals surface area (Å²) in [5, 5.41) is 7.45. The monoisotopic (exact) mass is 286 g/mol. The van der Waals surface area contributed by atoms with Crippen LogP contribution in [-0.2, 0) is 0 Å². The lowest BCUT2D eigenvalue weighted by atomic mass is 10.2. The minimum absolute atomic E-state index is 0.00477. The number of aromatic nitrogens is 2. The van der Waals surface area contributed by atoms with Gasteiger partial charge < -0.3 is 0 Å². The zero-order valence-electron chi connectivity index (χ0n) is 6.97. The van der Waals surface area contributed by atoms with E-state index in [-0.39, 0.29) is 5.43 Å². The van der Waals surface area contributed by atoms with Crippen LogP contribution in [0.3, 0.4) is 0 Å². The number of hydrogen-bond donors (Lipinski definition) is 1. The number of nitrogens with zero attached hydrogens (tertiary/aromatic N) is 1. The first kappa shape index (κ1) is 8.68. The molecule has 0 aliphatic carbocycles. The third-order valence-corrected chi connectivity index (χ3v) is 2.57. The SMILES string of the molecule is Cc1n[nH]c2cc(I)ccc2c1=O. The molecule has 2 rings (SSSR count). The fraction of sp³-hybridized carbons (Fsp3) is 0.111. The number of aryl methyl sites for hydroxylation is 1. The Labute approximate surface area is 88.3 Å². The molecule has 1 heterocycles. The van der Waals surface area contributed by atoms with Gasteiger partial charge in [0.15, 0.2) is 0 Å². The second-order valence-electron chi connectivity index (χ2n) is 2.83. The first-order valence-corrected chi connectivity index (χ1v) is 4.91. The molecule has 0 fully saturated rings. The molecule has 0 aliphatic rings. The van der Waals surface area contributed by atoms with Gasteiger partial charge in [-0.15, -0.1) is 0 Å². The second-order valence-corrected chi connectivity index (χ2v) is 4.07. The van der Waals surface area contributed by atoms with Crippen LogP contribution in [0.15, 0.2) is 23.0 Å².